The third-order valence-electron chi connectivity index (χ3n) is 1.96. The first kappa shape index (κ1) is 9.27. The van der Waals surface area contributed by atoms with Gasteiger partial charge in [-0.15, -0.1) is 0 Å². The Kier molecular flexibility index (Phi) is 2.54. The minimum atomic E-state index is 0.817. The summed E-state index contributed by atoms with van der Waals surface area (Å²) in [6.07, 6.45) is 3.44. The van der Waals surface area contributed by atoms with Gasteiger partial charge in [0.05, 0.1) is 29.8 Å². The number of methoxy groups -OCH3 is 1. The van der Waals surface area contributed by atoms with Gasteiger partial charge in [-0.3, -0.25) is 0 Å². The van der Waals surface area contributed by atoms with Gasteiger partial charge in [0.25, 0.3) is 0 Å². The Morgan fingerprint density at radius 2 is 2.29 bits per heavy atom. The molecule has 1 N–H and O–H groups in total. The Bertz CT molecular complexity index is 426. The van der Waals surface area contributed by atoms with Crippen LogP contribution >= 0.6 is 15.9 Å². The molecule has 0 fully saturated rings. The van der Waals surface area contributed by atoms with E-state index in [-0.39, 0.29) is 0 Å². The lowest BCUT2D eigenvalue weighted by Gasteiger charge is -2.04. The first-order valence-corrected chi connectivity index (χ1v) is 4.93. The van der Waals surface area contributed by atoms with Crippen molar-refractivity contribution < 1.29 is 4.74 Å². The normalized spacial score (nSPS) is 10.1. The summed E-state index contributed by atoms with van der Waals surface area (Å²) < 4.78 is 6.15. The zero-order valence-corrected chi connectivity index (χ0v) is 9.21. The Morgan fingerprint density at radius 3 is 2.93 bits per heavy atom. The van der Waals surface area contributed by atoms with Crippen LogP contribution < -0.4 is 4.74 Å². The van der Waals surface area contributed by atoms with E-state index in [1.54, 1.807) is 19.6 Å². The number of aromatic nitrogens is 2. The van der Waals surface area contributed by atoms with Crippen molar-refractivity contribution in [1.82, 2.24) is 9.97 Å². The van der Waals surface area contributed by atoms with Gasteiger partial charge in [-0.25, -0.2) is 4.98 Å². The number of rotatable bonds is 2. The Hall–Kier alpha value is -1.29. The largest absolute Gasteiger partial charge is 0.496 e. The second-order valence-electron chi connectivity index (χ2n) is 2.81. The van der Waals surface area contributed by atoms with E-state index < -0.39 is 0 Å². The molecule has 0 radical (unpaired) electrons. The second-order valence-corrected chi connectivity index (χ2v) is 3.67. The van der Waals surface area contributed by atoms with Crippen LogP contribution in [0.5, 0.6) is 5.75 Å². The highest BCUT2D eigenvalue weighted by molar-refractivity contribution is 9.10. The highest BCUT2D eigenvalue weighted by Gasteiger charge is 2.03. The van der Waals surface area contributed by atoms with Crippen LogP contribution in [-0.2, 0) is 0 Å². The van der Waals surface area contributed by atoms with Crippen LogP contribution in [0.3, 0.4) is 0 Å². The zero-order valence-electron chi connectivity index (χ0n) is 7.62. The summed E-state index contributed by atoms with van der Waals surface area (Å²) in [5.74, 6) is 0.817. The molecule has 0 aliphatic carbocycles. The quantitative estimate of drug-likeness (QED) is 0.893. The fourth-order valence-electron chi connectivity index (χ4n) is 1.24. The van der Waals surface area contributed by atoms with E-state index in [0.717, 1.165) is 21.5 Å². The molecule has 0 unspecified atom stereocenters. The molecule has 0 atom stereocenters. The number of hydrogen-bond acceptors (Lipinski definition) is 2. The van der Waals surface area contributed by atoms with E-state index in [2.05, 4.69) is 25.9 Å². The topological polar surface area (TPSA) is 37.9 Å². The molecule has 14 heavy (non-hydrogen) atoms. The molecule has 0 aliphatic rings. The van der Waals surface area contributed by atoms with Gasteiger partial charge in [-0.1, -0.05) is 6.07 Å². The number of aromatic amines is 1. The predicted molar refractivity (Wildman–Crippen MR) is 58.3 cm³/mol. The highest BCUT2D eigenvalue weighted by atomic mass is 79.9. The molecule has 3 nitrogen and oxygen atoms in total. The molecule has 0 saturated heterocycles. The molecule has 0 spiro atoms. The SMILES string of the molecule is COc1cc(-c2cnc[nH]2)ccc1Br. The van der Waals surface area contributed by atoms with E-state index in [9.17, 15) is 0 Å². The van der Waals surface area contributed by atoms with Gasteiger partial charge in [0, 0.05) is 5.56 Å². The number of halogens is 1. The average Bonchev–Trinajstić information content (AvgIpc) is 2.71. The number of ether oxygens (including phenoxy) is 1. The van der Waals surface area contributed by atoms with Crippen molar-refractivity contribution in [3.05, 3.63) is 35.2 Å². The number of imidazole rings is 1. The van der Waals surface area contributed by atoms with Gasteiger partial charge in [-0.2, -0.15) is 0 Å². The fraction of sp³-hybridized carbons (Fsp3) is 0.100. The molecule has 4 heteroatoms. The maximum Gasteiger partial charge on any atom is 0.133 e. The van der Waals surface area contributed by atoms with Crippen molar-refractivity contribution in [2.75, 3.05) is 7.11 Å². The lowest BCUT2D eigenvalue weighted by atomic mass is 10.1. The second kappa shape index (κ2) is 3.84. The maximum atomic E-state index is 5.20. The number of nitrogens with one attached hydrogen (secondary N) is 1. The van der Waals surface area contributed by atoms with Gasteiger partial charge < -0.3 is 9.72 Å². The molecule has 1 aromatic carbocycles. The van der Waals surface area contributed by atoms with Crippen LogP contribution in [0.4, 0.5) is 0 Å². The summed E-state index contributed by atoms with van der Waals surface area (Å²) in [5.41, 5.74) is 2.04. The fourth-order valence-corrected chi connectivity index (χ4v) is 1.65. The van der Waals surface area contributed by atoms with E-state index in [0.29, 0.717) is 0 Å². The minimum Gasteiger partial charge on any atom is -0.496 e. The summed E-state index contributed by atoms with van der Waals surface area (Å²) in [4.78, 5) is 7.01. The molecule has 2 rings (SSSR count). The summed E-state index contributed by atoms with van der Waals surface area (Å²) in [6, 6.07) is 5.91. The number of H-pyrrole nitrogens is 1. The van der Waals surface area contributed by atoms with Gasteiger partial charge in [0.15, 0.2) is 0 Å². The third-order valence-corrected chi connectivity index (χ3v) is 2.62. The average molecular weight is 253 g/mol. The van der Waals surface area contributed by atoms with Crippen LogP contribution in [0, 0.1) is 0 Å². The zero-order chi connectivity index (χ0) is 9.97. The van der Waals surface area contributed by atoms with Crippen LogP contribution in [-0.4, -0.2) is 17.1 Å². The molecule has 1 heterocycles. The monoisotopic (exact) mass is 252 g/mol. The number of benzene rings is 1. The minimum absolute atomic E-state index is 0.817. The van der Waals surface area contributed by atoms with Gasteiger partial charge in [0.2, 0.25) is 0 Å². The van der Waals surface area contributed by atoms with Gasteiger partial charge in [-0.05, 0) is 28.1 Å². The van der Waals surface area contributed by atoms with E-state index in [1.807, 2.05) is 18.2 Å². The highest BCUT2D eigenvalue weighted by Crippen LogP contribution is 2.29. The molecule has 1 aromatic heterocycles. The lowest BCUT2D eigenvalue weighted by Crippen LogP contribution is -1.85. The van der Waals surface area contributed by atoms with Gasteiger partial charge >= 0.3 is 0 Å². The molecule has 72 valence electrons. The third kappa shape index (κ3) is 1.65. The van der Waals surface area contributed by atoms with Crippen LogP contribution in [0.15, 0.2) is 35.2 Å². The Morgan fingerprint density at radius 1 is 1.43 bits per heavy atom. The van der Waals surface area contributed by atoms with E-state index in [4.69, 9.17) is 4.74 Å². The molecular formula is C10H9BrN2O. The van der Waals surface area contributed by atoms with Crippen molar-refractivity contribution in [1.29, 1.82) is 0 Å². The molecular weight excluding hydrogens is 244 g/mol. The van der Waals surface area contributed by atoms with Crippen molar-refractivity contribution in [2.45, 2.75) is 0 Å². The lowest BCUT2D eigenvalue weighted by molar-refractivity contribution is 0.412. The Labute approximate surface area is 90.3 Å². The molecule has 2 aromatic rings. The van der Waals surface area contributed by atoms with Crippen LogP contribution in [0.25, 0.3) is 11.3 Å². The molecule has 0 saturated carbocycles. The summed E-state index contributed by atoms with van der Waals surface area (Å²) in [6.45, 7) is 0. The number of hydrogen-bond donors (Lipinski definition) is 1. The molecule has 0 amide bonds. The van der Waals surface area contributed by atoms with Crippen molar-refractivity contribution >= 4 is 15.9 Å². The Balaban J connectivity index is 2.46. The molecule has 0 bridgehead atoms. The standard InChI is InChI=1S/C10H9BrN2O/c1-14-10-4-7(2-3-8(10)11)9-5-12-6-13-9/h2-6H,1H3,(H,12,13). The van der Waals surface area contributed by atoms with Crippen molar-refractivity contribution in [2.24, 2.45) is 0 Å². The van der Waals surface area contributed by atoms with Crippen LogP contribution in [0.2, 0.25) is 0 Å². The molecule has 0 aliphatic heterocycles. The van der Waals surface area contributed by atoms with Gasteiger partial charge in [0.1, 0.15) is 5.75 Å². The van der Waals surface area contributed by atoms with E-state index in [1.165, 1.54) is 0 Å². The summed E-state index contributed by atoms with van der Waals surface area (Å²) in [5, 5.41) is 0. The number of nitrogens with zero attached hydrogens (tertiary/aromatic N) is 1. The van der Waals surface area contributed by atoms with Crippen molar-refractivity contribution in [3.8, 4) is 17.0 Å². The smallest absolute Gasteiger partial charge is 0.133 e. The summed E-state index contributed by atoms with van der Waals surface area (Å²) >= 11 is 3.40. The first-order valence-electron chi connectivity index (χ1n) is 4.13. The maximum absolute atomic E-state index is 5.20. The first-order chi connectivity index (χ1) is 6.81. The summed E-state index contributed by atoms with van der Waals surface area (Å²) in [7, 11) is 1.65. The predicted octanol–water partition coefficient (Wildman–Crippen LogP) is 2.85. The van der Waals surface area contributed by atoms with Crippen LogP contribution in [0.1, 0.15) is 0 Å². The van der Waals surface area contributed by atoms with Crippen molar-refractivity contribution in [3.63, 3.8) is 0 Å². The van der Waals surface area contributed by atoms with E-state index >= 15 is 0 Å².